The van der Waals surface area contributed by atoms with E-state index in [1.54, 1.807) is 11.1 Å². The van der Waals surface area contributed by atoms with E-state index in [1.165, 1.54) is 25.7 Å². The molecule has 2 aliphatic heterocycles. The van der Waals surface area contributed by atoms with Gasteiger partial charge in [0, 0.05) is 5.92 Å². The zero-order valence-corrected chi connectivity index (χ0v) is 20.0. The van der Waals surface area contributed by atoms with Crippen molar-refractivity contribution in [1.82, 2.24) is 0 Å². The topological polar surface area (TPSA) is 88.4 Å². The SMILES string of the molecule is CC1=C[C@H]2C([C@H](C)CCC[C@@H](C)C3OC[C@H]4O[C@@H](O3)[C@H](O)[C@@H](O)[C@H]4O)CC=C(C)[C@H]2CC1. The summed E-state index contributed by atoms with van der Waals surface area (Å²) in [4.78, 5) is 0. The van der Waals surface area contributed by atoms with Gasteiger partial charge in [-0.25, -0.2) is 0 Å². The van der Waals surface area contributed by atoms with Crippen LogP contribution in [0.15, 0.2) is 23.3 Å². The Bertz CT molecular complexity index is 702. The molecule has 2 fully saturated rings. The highest BCUT2D eigenvalue weighted by atomic mass is 16.8. The monoisotopic (exact) mass is 450 g/mol. The number of allylic oxidation sites excluding steroid dienone is 4. The maximum atomic E-state index is 10.2. The smallest absolute Gasteiger partial charge is 0.189 e. The number of hydrogen-bond donors (Lipinski definition) is 3. The zero-order valence-electron chi connectivity index (χ0n) is 20.0. The highest BCUT2D eigenvalue weighted by Crippen LogP contribution is 2.46. The van der Waals surface area contributed by atoms with Crippen molar-refractivity contribution in [1.29, 1.82) is 0 Å². The number of aliphatic hydroxyl groups is 3. The average Bonchev–Trinajstić information content (AvgIpc) is 2.98. The second-order valence-electron chi connectivity index (χ2n) is 10.8. The van der Waals surface area contributed by atoms with E-state index in [1.807, 2.05) is 0 Å². The first-order valence-electron chi connectivity index (χ1n) is 12.6. The van der Waals surface area contributed by atoms with Crippen LogP contribution >= 0.6 is 0 Å². The minimum absolute atomic E-state index is 0.129. The van der Waals surface area contributed by atoms with Crippen LogP contribution in [0.5, 0.6) is 0 Å². The summed E-state index contributed by atoms with van der Waals surface area (Å²) in [5.74, 6) is 2.91. The van der Waals surface area contributed by atoms with Crippen LogP contribution in [0.3, 0.4) is 0 Å². The lowest BCUT2D eigenvalue weighted by molar-refractivity contribution is -0.304. The molecule has 182 valence electrons. The Labute approximate surface area is 192 Å². The summed E-state index contributed by atoms with van der Waals surface area (Å²) in [5, 5.41) is 30.3. The molecule has 0 amide bonds. The molecule has 2 bridgehead atoms. The predicted molar refractivity (Wildman–Crippen MR) is 122 cm³/mol. The van der Waals surface area contributed by atoms with Crippen LogP contribution < -0.4 is 0 Å². The van der Waals surface area contributed by atoms with Crippen molar-refractivity contribution in [2.24, 2.45) is 29.6 Å². The summed E-state index contributed by atoms with van der Waals surface area (Å²) >= 11 is 0. The molecule has 0 radical (unpaired) electrons. The van der Waals surface area contributed by atoms with Gasteiger partial charge in [0.2, 0.25) is 0 Å². The first-order chi connectivity index (χ1) is 15.3. The Morgan fingerprint density at radius 1 is 1.00 bits per heavy atom. The molecule has 2 aliphatic carbocycles. The van der Waals surface area contributed by atoms with Gasteiger partial charge in [-0.05, 0) is 63.2 Å². The number of hydrogen-bond acceptors (Lipinski definition) is 6. The highest BCUT2D eigenvalue weighted by molar-refractivity contribution is 5.21. The van der Waals surface area contributed by atoms with E-state index in [0.29, 0.717) is 17.8 Å². The van der Waals surface area contributed by atoms with Gasteiger partial charge in [-0.3, -0.25) is 0 Å². The van der Waals surface area contributed by atoms with Crippen molar-refractivity contribution < 1.29 is 29.5 Å². The van der Waals surface area contributed by atoms with Crippen molar-refractivity contribution >= 4 is 0 Å². The number of rotatable bonds is 6. The van der Waals surface area contributed by atoms with Gasteiger partial charge in [0.15, 0.2) is 12.6 Å². The Balaban J connectivity index is 1.29. The van der Waals surface area contributed by atoms with Crippen LogP contribution in [0.2, 0.25) is 0 Å². The maximum Gasteiger partial charge on any atom is 0.189 e. The fourth-order valence-corrected chi connectivity index (χ4v) is 6.24. The maximum absolute atomic E-state index is 10.2. The van der Waals surface area contributed by atoms with Crippen LogP contribution in [0, 0.1) is 29.6 Å². The molecule has 2 saturated heterocycles. The summed E-state index contributed by atoms with van der Waals surface area (Å²) in [6.45, 7) is 9.26. The quantitative estimate of drug-likeness (QED) is 0.537. The minimum atomic E-state index is -1.29. The van der Waals surface area contributed by atoms with E-state index in [2.05, 4.69) is 39.8 Å². The van der Waals surface area contributed by atoms with E-state index >= 15 is 0 Å². The summed E-state index contributed by atoms with van der Waals surface area (Å²) in [5.41, 5.74) is 3.14. The van der Waals surface area contributed by atoms with Gasteiger partial charge in [0.05, 0.1) is 6.61 Å². The van der Waals surface area contributed by atoms with Crippen LogP contribution in [0.25, 0.3) is 0 Å². The van der Waals surface area contributed by atoms with Gasteiger partial charge >= 0.3 is 0 Å². The van der Waals surface area contributed by atoms with Gasteiger partial charge < -0.3 is 29.5 Å². The first-order valence-corrected chi connectivity index (χ1v) is 12.6. The number of ether oxygens (including phenoxy) is 3. The van der Waals surface area contributed by atoms with Gasteiger partial charge in [-0.1, -0.05) is 50.0 Å². The molecule has 6 nitrogen and oxygen atoms in total. The number of aliphatic hydroxyl groups excluding tert-OH is 3. The molecule has 0 spiro atoms. The van der Waals surface area contributed by atoms with Crippen LogP contribution in [0.4, 0.5) is 0 Å². The molecule has 0 aromatic heterocycles. The summed E-state index contributed by atoms with van der Waals surface area (Å²) < 4.78 is 17.3. The standard InChI is InChI=1S/C26H42O6/c1-14-8-10-18-16(3)9-11-19(20(18)12-14)15(2)6-5-7-17(4)25-30-13-21-22(27)23(28)24(29)26(31-21)32-25/h9,12,15,17-29H,5-8,10-11,13H2,1-4H3/t15-,17-,18-,19?,20-,21-,22+,23+,24-,25?,26+/m1/s1. The van der Waals surface area contributed by atoms with Crippen LogP contribution in [-0.4, -0.2) is 58.9 Å². The third kappa shape index (κ3) is 5.01. The van der Waals surface area contributed by atoms with Crippen molar-refractivity contribution in [3.63, 3.8) is 0 Å². The highest BCUT2D eigenvalue weighted by Gasteiger charge is 2.48. The predicted octanol–water partition coefficient (Wildman–Crippen LogP) is 3.55. The average molecular weight is 451 g/mol. The van der Waals surface area contributed by atoms with Crippen molar-refractivity contribution in [3.05, 3.63) is 23.3 Å². The van der Waals surface area contributed by atoms with Gasteiger partial charge in [-0.15, -0.1) is 0 Å². The molecule has 0 aromatic carbocycles. The first kappa shape index (κ1) is 24.4. The van der Waals surface area contributed by atoms with E-state index in [0.717, 1.165) is 18.8 Å². The summed E-state index contributed by atoms with van der Waals surface area (Å²) in [6, 6.07) is 0. The fraction of sp³-hybridized carbons (Fsp3) is 0.846. The molecule has 32 heavy (non-hydrogen) atoms. The molecular formula is C26H42O6. The van der Waals surface area contributed by atoms with Crippen molar-refractivity contribution in [2.75, 3.05) is 6.61 Å². The van der Waals surface area contributed by atoms with Crippen molar-refractivity contribution in [2.45, 2.75) is 103 Å². The molecule has 11 atom stereocenters. The molecule has 2 unspecified atom stereocenters. The molecule has 3 N–H and O–H groups in total. The van der Waals surface area contributed by atoms with E-state index < -0.39 is 37.0 Å². The van der Waals surface area contributed by atoms with E-state index in [-0.39, 0.29) is 12.5 Å². The molecule has 4 rings (SSSR count). The van der Waals surface area contributed by atoms with Crippen LogP contribution in [0.1, 0.15) is 66.2 Å². The van der Waals surface area contributed by atoms with Gasteiger partial charge in [-0.2, -0.15) is 0 Å². The molecule has 2 heterocycles. The van der Waals surface area contributed by atoms with Crippen molar-refractivity contribution in [3.8, 4) is 0 Å². The molecule has 4 aliphatic rings. The third-order valence-electron chi connectivity index (χ3n) is 8.46. The largest absolute Gasteiger partial charge is 0.387 e. The summed E-state index contributed by atoms with van der Waals surface area (Å²) in [6.07, 6.45) is 6.09. The van der Waals surface area contributed by atoms with Gasteiger partial charge in [0.25, 0.3) is 0 Å². The lowest BCUT2D eigenvalue weighted by atomic mass is 9.63. The molecular weight excluding hydrogens is 408 g/mol. The fourth-order valence-electron chi connectivity index (χ4n) is 6.24. The Kier molecular flexibility index (Phi) is 7.80. The summed E-state index contributed by atoms with van der Waals surface area (Å²) in [7, 11) is 0. The van der Waals surface area contributed by atoms with E-state index in [9.17, 15) is 15.3 Å². The normalized spacial score (nSPS) is 44.0. The lowest BCUT2D eigenvalue weighted by Crippen LogP contribution is -2.58. The Morgan fingerprint density at radius 2 is 1.75 bits per heavy atom. The molecule has 0 saturated carbocycles. The number of fused-ring (bicyclic) bond motifs is 3. The lowest BCUT2D eigenvalue weighted by Gasteiger charge is -2.42. The van der Waals surface area contributed by atoms with E-state index in [4.69, 9.17) is 14.2 Å². The Hall–Kier alpha value is -0.760. The second-order valence-corrected chi connectivity index (χ2v) is 10.8. The molecule has 6 heteroatoms. The molecule has 0 aromatic rings. The second kappa shape index (κ2) is 10.2. The van der Waals surface area contributed by atoms with Gasteiger partial charge in [0.1, 0.15) is 24.4 Å². The zero-order chi connectivity index (χ0) is 23.0. The Morgan fingerprint density at radius 3 is 2.53 bits per heavy atom. The third-order valence-corrected chi connectivity index (χ3v) is 8.46. The minimum Gasteiger partial charge on any atom is -0.387 e. The van der Waals surface area contributed by atoms with Crippen LogP contribution in [-0.2, 0) is 14.2 Å².